The van der Waals surface area contributed by atoms with Gasteiger partial charge in [0, 0.05) is 12.1 Å². The Hall–Kier alpha value is -3.27. The van der Waals surface area contributed by atoms with Gasteiger partial charge in [-0.15, -0.1) is 15.0 Å². The van der Waals surface area contributed by atoms with Crippen LogP contribution in [0.5, 0.6) is 0 Å². The van der Waals surface area contributed by atoms with E-state index in [1.54, 1.807) is 29.2 Å². The summed E-state index contributed by atoms with van der Waals surface area (Å²) in [6, 6.07) is 7.07. The number of esters is 2. The highest BCUT2D eigenvalue weighted by atomic mass is 16.5. The zero-order chi connectivity index (χ0) is 19.4. The number of tetrazole rings is 1. The molecule has 1 aromatic heterocycles. The van der Waals surface area contributed by atoms with Crippen LogP contribution in [0, 0.1) is 0 Å². The van der Waals surface area contributed by atoms with Gasteiger partial charge in [0.15, 0.2) is 5.82 Å². The van der Waals surface area contributed by atoms with E-state index in [0.717, 1.165) is 0 Å². The smallest absolute Gasteiger partial charge is 0.355 e. The van der Waals surface area contributed by atoms with E-state index in [9.17, 15) is 9.59 Å². The van der Waals surface area contributed by atoms with Crippen LogP contribution < -0.4 is 4.90 Å². The molecule has 0 N–H and O–H groups in total. The fraction of sp³-hybridized carbons (Fsp3) is 0.353. The van der Waals surface area contributed by atoms with E-state index in [4.69, 9.17) is 14.2 Å². The summed E-state index contributed by atoms with van der Waals surface area (Å²) < 4.78 is 15.0. The molecule has 0 radical (unpaired) electrons. The minimum Gasteiger partial charge on any atom is -0.466 e. The third-order valence-electron chi connectivity index (χ3n) is 4.00. The molecule has 0 unspecified atom stereocenters. The largest absolute Gasteiger partial charge is 0.466 e. The van der Waals surface area contributed by atoms with Crippen molar-refractivity contribution in [3.05, 3.63) is 41.4 Å². The topological polar surface area (TPSA) is 109 Å². The second-order valence-corrected chi connectivity index (χ2v) is 5.58. The van der Waals surface area contributed by atoms with E-state index in [1.807, 2.05) is 6.92 Å². The molecule has 2 aromatic rings. The summed E-state index contributed by atoms with van der Waals surface area (Å²) in [7, 11) is 2.50. The molecule has 0 fully saturated rings. The molecule has 2 heterocycles. The number of carbonyl (C=O) groups is 2. The third-order valence-corrected chi connectivity index (χ3v) is 4.00. The molecular formula is C17H19N5O5. The van der Waals surface area contributed by atoms with Gasteiger partial charge < -0.3 is 19.1 Å². The van der Waals surface area contributed by atoms with Gasteiger partial charge in [-0.1, -0.05) is 6.92 Å². The van der Waals surface area contributed by atoms with Crippen molar-refractivity contribution < 1.29 is 23.8 Å². The van der Waals surface area contributed by atoms with Crippen LogP contribution in [0.1, 0.15) is 12.7 Å². The van der Waals surface area contributed by atoms with E-state index in [-0.39, 0.29) is 24.6 Å². The molecule has 3 rings (SSSR count). The lowest BCUT2D eigenvalue weighted by atomic mass is 10.1. The summed E-state index contributed by atoms with van der Waals surface area (Å²) in [5.41, 5.74) is 1.54. The van der Waals surface area contributed by atoms with Crippen molar-refractivity contribution in [3.8, 4) is 5.69 Å². The Morgan fingerprint density at radius 3 is 2.37 bits per heavy atom. The normalized spacial score (nSPS) is 14.3. The first-order chi connectivity index (χ1) is 13.1. The molecule has 0 amide bonds. The van der Waals surface area contributed by atoms with E-state index >= 15 is 0 Å². The molecule has 1 aliphatic rings. The first-order valence-corrected chi connectivity index (χ1v) is 8.23. The lowest BCUT2D eigenvalue weighted by Crippen LogP contribution is -2.38. The number of ether oxygens (including phenoxy) is 3. The van der Waals surface area contributed by atoms with Crippen LogP contribution in [-0.4, -0.2) is 59.7 Å². The third kappa shape index (κ3) is 3.65. The number of aromatic nitrogens is 4. The van der Waals surface area contributed by atoms with Crippen LogP contribution in [0.4, 0.5) is 5.69 Å². The number of nitrogens with zero attached hydrogens (tertiary/aromatic N) is 5. The predicted molar refractivity (Wildman–Crippen MR) is 92.9 cm³/mol. The zero-order valence-electron chi connectivity index (χ0n) is 15.2. The Morgan fingerprint density at radius 1 is 1.11 bits per heavy atom. The van der Waals surface area contributed by atoms with Crippen molar-refractivity contribution in [2.24, 2.45) is 0 Å². The van der Waals surface area contributed by atoms with Gasteiger partial charge in [-0.3, -0.25) is 0 Å². The number of benzene rings is 1. The highest BCUT2D eigenvalue weighted by Gasteiger charge is 2.32. The van der Waals surface area contributed by atoms with Gasteiger partial charge in [0.1, 0.15) is 12.4 Å². The number of anilines is 1. The van der Waals surface area contributed by atoms with Gasteiger partial charge in [-0.2, -0.15) is 0 Å². The van der Waals surface area contributed by atoms with Crippen molar-refractivity contribution in [1.29, 1.82) is 0 Å². The second kappa shape index (κ2) is 7.96. The second-order valence-electron chi connectivity index (χ2n) is 5.58. The monoisotopic (exact) mass is 373 g/mol. The molecule has 142 valence electrons. The molecule has 0 atom stereocenters. The molecule has 10 nitrogen and oxygen atoms in total. The number of hydrogen-bond donors (Lipinski definition) is 0. The number of rotatable bonds is 5. The summed E-state index contributed by atoms with van der Waals surface area (Å²) in [6.45, 7) is 2.00. The summed E-state index contributed by atoms with van der Waals surface area (Å²) in [5, 5.41) is 12.2. The lowest BCUT2D eigenvalue weighted by Gasteiger charge is -2.31. The van der Waals surface area contributed by atoms with Crippen molar-refractivity contribution in [2.75, 3.05) is 32.5 Å². The number of aryl methyl sites for hydroxylation is 1. The maximum Gasteiger partial charge on any atom is 0.355 e. The van der Waals surface area contributed by atoms with Gasteiger partial charge >= 0.3 is 11.9 Å². The van der Waals surface area contributed by atoms with Crippen LogP contribution in [-0.2, 0) is 30.2 Å². The molecule has 0 saturated carbocycles. The van der Waals surface area contributed by atoms with E-state index < -0.39 is 11.9 Å². The summed E-state index contributed by atoms with van der Waals surface area (Å²) in [5.74, 6) is -0.647. The van der Waals surface area contributed by atoms with E-state index in [1.165, 1.54) is 19.0 Å². The average molecular weight is 373 g/mol. The van der Waals surface area contributed by atoms with Crippen molar-refractivity contribution in [1.82, 2.24) is 20.2 Å². The minimum absolute atomic E-state index is 0.0334. The molecule has 1 aliphatic heterocycles. The standard InChI is InChI=1S/C17H19N5O5/c1-4-14-18-20-22(19-14)12-7-5-11(6-8-12)21-10-27-9-13(16(23)25-2)15(21)17(24)26-3/h5-8H,4,9-10H2,1-3H3. The van der Waals surface area contributed by atoms with Gasteiger partial charge in [-0.25, -0.2) is 9.59 Å². The Bertz CT molecular complexity index is 874. The van der Waals surface area contributed by atoms with Crippen LogP contribution in [0.3, 0.4) is 0 Å². The average Bonchev–Trinajstić information content (AvgIpc) is 3.21. The van der Waals surface area contributed by atoms with Crippen molar-refractivity contribution >= 4 is 17.6 Å². The van der Waals surface area contributed by atoms with Gasteiger partial charge in [0.05, 0.1) is 32.1 Å². The molecule has 0 bridgehead atoms. The molecule has 10 heteroatoms. The van der Waals surface area contributed by atoms with E-state index in [2.05, 4.69) is 15.4 Å². The summed E-state index contributed by atoms with van der Waals surface area (Å²) in [4.78, 5) is 27.3. The highest BCUT2D eigenvalue weighted by Crippen LogP contribution is 2.27. The number of methoxy groups -OCH3 is 2. The maximum atomic E-state index is 12.3. The first kappa shape index (κ1) is 18.5. The Kier molecular flexibility index (Phi) is 5.46. The molecule has 27 heavy (non-hydrogen) atoms. The lowest BCUT2D eigenvalue weighted by molar-refractivity contribution is -0.140. The quantitative estimate of drug-likeness (QED) is 0.697. The summed E-state index contributed by atoms with van der Waals surface area (Å²) in [6.07, 6.45) is 0.687. The molecule has 0 aliphatic carbocycles. The van der Waals surface area contributed by atoms with Crippen molar-refractivity contribution in [2.45, 2.75) is 13.3 Å². The van der Waals surface area contributed by atoms with Crippen LogP contribution >= 0.6 is 0 Å². The minimum atomic E-state index is -0.645. The van der Waals surface area contributed by atoms with Crippen LogP contribution in [0.2, 0.25) is 0 Å². The SMILES string of the molecule is CCc1nnn(-c2ccc(N3COCC(C(=O)OC)=C3C(=O)OC)cc2)n1. The highest BCUT2D eigenvalue weighted by molar-refractivity contribution is 6.03. The summed E-state index contributed by atoms with van der Waals surface area (Å²) >= 11 is 0. The number of hydrogen-bond acceptors (Lipinski definition) is 9. The number of carbonyl (C=O) groups excluding carboxylic acids is 2. The molecule has 0 saturated heterocycles. The van der Waals surface area contributed by atoms with Gasteiger partial charge in [-0.05, 0) is 29.5 Å². The molecule has 1 aromatic carbocycles. The van der Waals surface area contributed by atoms with Crippen LogP contribution in [0.25, 0.3) is 5.69 Å². The maximum absolute atomic E-state index is 12.3. The fourth-order valence-corrected chi connectivity index (χ4v) is 2.61. The zero-order valence-corrected chi connectivity index (χ0v) is 15.2. The Balaban J connectivity index is 1.95. The first-order valence-electron chi connectivity index (χ1n) is 8.23. The van der Waals surface area contributed by atoms with Crippen LogP contribution in [0.15, 0.2) is 35.5 Å². The molecule has 0 spiro atoms. The molecular weight excluding hydrogens is 354 g/mol. The predicted octanol–water partition coefficient (Wildman–Crippen LogP) is 0.619. The van der Waals surface area contributed by atoms with E-state index in [0.29, 0.717) is 23.6 Å². The van der Waals surface area contributed by atoms with Crippen molar-refractivity contribution in [3.63, 3.8) is 0 Å². The fourth-order valence-electron chi connectivity index (χ4n) is 2.61. The Labute approximate surface area is 155 Å². The van der Waals surface area contributed by atoms with Gasteiger partial charge in [0.2, 0.25) is 0 Å². The Morgan fingerprint density at radius 2 is 1.78 bits per heavy atom. The van der Waals surface area contributed by atoms with Gasteiger partial charge in [0.25, 0.3) is 0 Å².